The molecule has 0 fully saturated rings. The number of benzene rings is 1. The molecule has 1 aromatic heterocycles. The molecule has 78 valence electrons. The molecule has 0 saturated carbocycles. The third-order valence-corrected chi connectivity index (χ3v) is 2.72. The normalized spacial score (nSPS) is 10.1. The first-order valence-corrected chi connectivity index (χ1v) is 5.75. The first-order valence-electron chi connectivity index (χ1n) is 4.81. The predicted octanol–water partition coefficient (Wildman–Crippen LogP) is 2.38. The van der Waals surface area contributed by atoms with Gasteiger partial charge in [-0.1, -0.05) is 6.07 Å². The van der Waals surface area contributed by atoms with Gasteiger partial charge in [0.25, 0.3) is 0 Å². The zero-order valence-electron chi connectivity index (χ0n) is 8.31. The highest BCUT2D eigenvalue weighted by Crippen LogP contribution is 2.11. The molecule has 2 rings (SSSR count). The second-order valence-electron chi connectivity index (χ2n) is 3.28. The minimum Gasteiger partial charge on any atom is -0.399 e. The van der Waals surface area contributed by atoms with Crippen molar-refractivity contribution in [3.05, 3.63) is 40.8 Å². The van der Waals surface area contributed by atoms with Gasteiger partial charge in [0.1, 0.15) is 0 Å². The Morgan fingerprint density at radius 1 is 1.40 bits per heavy atom. The van der Waals surface area contributed by atoms with Crippen LogP contribution in [0.15, 0.2) is 35.2 Å². The monoisotopic (exact) mass is 219 g/mol. The van der Waals surface area contributed by atoms with Crippen LogP contribution in [0.2, 0.25) is 0 Å². The topological polar surface area (TPSA) is 50.9 Å². The Hall–Kier alpha value is -1.55. The third-order valence-electron chi connectivity index (χ3n) is 2.08. The summed E-state index contributed by atoms with van der Waals surface area (Å²) in [7, 11) is 0. The smallest absolute Gasteiger partial charge is 0.0794 e. The van der Waals surface area contributed by atoms with E-state index in [1.54, 1.807) is 11.3 Å². The molecule has 0 amide bonds. The molecule has 0 spiro atoms. The second kappa shape index (κ2) is 4.79. The summed E-state index contributed by atoms with van der Waals surface area (Å²) in [6.45, 7) is 0.882. The van der Waals surface area contributed by atoms with Crippen LogP contribution in [0, 0.1) is 0 Å². The van der Waals surface area contributed by atoms with E-state index in [0.717, 1.165) is 30.0 Å². The summed E-state index contributed by atoms with van der Waals surface area (Å²) in [5.41, 5.74) is 10.5. The average molecular weight is 219 g/mol. The summed E-state index contributed by atoms with van der Waals surface area (Å²) in [6.07, 6.45) is 0.943. The molecule has 15 heavy (non-hydrogen) atoms. The lowest BCUT2D eigenvalue weighted by molar-refractivity contribution is 0.977. The van der Waals surface area contributed by atoms with Gasteiger partial charge in [-0.25, -0.2) is 4.98 Å². The zero-order valence-corrected chi connectivity index (χ0v) is 9.13. The highest BCUT2D eigenvalue weighted by Gasteiger charge is 1.95. The second-order valence-corrected chi connectivity index (χ2v) is 4.00. The van der Waals surface area contributed by atoms with Crippen LogP contribution in [0.3, 0.4) is 0 Å². The van der Waals surface area contributed by atoms with Gasteiger partial charge >= 0.3 is 0 Å². The van der Waals surface area contributed by atoms with Crippen molar-refractivity contribution >= 4 is 22.7 Å². The van der Waals surface area contributed by atoms with Gasteiger partial charge in [0.05, 0.1) is 11.2 Å². The van der Waals surface area contributed by atoms with E-state index in [0.29, 0.717) is 0 Å². The maximum absolute atomic E-state index is 5.67. The van der Waals surface area contributed by atoms with E-state index in [-0.39, 0.29) is 0 Å². The van der Waals surface area contributed by atoms with Crippen LogP contribution in [0.4, 0.5) is 11.4 Å². The zero-order chi connectivity index (χ0) is 10.5. The fourth-order valence-corrected chi connectivity index (χ4v) is 1.94. The average Bonchev–Trinajstić information content (AvgIpc) is 2.71. The van der Waals surface area contributed by atoms with Crippen molar-refractivity contribution in [1.29, 1.82) is 0 Å². The van der Waals surface area contributed by atoms with Gasteiger partial charge in [0.2, 0.25) is 0 Å². The van der Waals surface area contributed by atoms with E-state index < -0.39 is 0 Å². The van der Waals surface area contributed by atoms with E-state index in [1.807, 2.05) is 29.8 Å². The number of rotatable bonds is 4. The van der Waals surface area contributed by atoms with Gasteiger partial charge in [0.15, 0.2) is 0 Å². The molecule has 0 unspecified atom stereocenters. The predicted molar refractivity (Wildman–Crippen MR) is 65.2 cm³/mol. The van der Waals surface area contributed by atoms with E-state index >= 15 is 0 Å². The fraction of sp³-hybridized carbons (Fsp3) is 0.182. The molecule has 1 heterocycles. The Bertz CT molecular complexity index is 412. The van der Waals surface area contributed by atoms with Gasteiger partial charge in [-0.15, -0.1) is 11.3 Å². The summed E-state index contributed by atoms with van der Waals surface area (Å²) in [4.78, 5) is 4.22. The minimum atomic E-state index is 0.786. The molecule has 0 aliphatic rings. The van der Waals surface area contributed by atoms with Gasteiger partial charge < -0.3 is 11.1 Å². The van der Waals surface area contributed by atoms with Gasteiger partial charge in [-0.3, -0.25) is 0 Å². The van der Waals surface area contributed by atoms with E-state index in [9.17, 15) is 0 Å². The van der Waals surface area contributed by atoms with Crippen molar-refractivity contribution in [1.82, 2.24) is 4.98 Å². The summed E-state index contributed by atoms with van der Waals surface area (Å²) in [5, 5.41) is 5.38. The SMILES string of the molecule is Nc1cccc(NCCc2cscn2)c1. The molecule has 0 radical (unpaired) electrons. The summed E-state index contributed by atoms with van der Waals surface area (Å²) in [5.74, 6) is 0. The number of nitrogens with one attached hydrogen (secondary N) is 1. The number of nitrogens with two attached hydrogens (primary N) is 1. The standard InChI is InChI=1S/C11H13N3S/c12-9-2-1-3-10(6-9)13-5-4-11-7-15-8-14-11/h1-3,6-8,13H,4-5,12H2. The van der Waals surface area contributed by atoms with Crippen molar-refractivity contribution in [2.45, 2.75) is 6.42 Å². The van der Waals surface area contributed by atoms with Crippen LogP contribution >= 0.6 is 11.3 Å². The summed E-state index contributed by atoms with van der Waals surface area (Å²) >= 11 is 1.63. The quantitative estimate of drug-likeness (QED) is 0.776. The van der Waals surface area contributed by atoms with Crippen molar-refractivity contribution in [2.24, 2.45) is 0 Å². The molecule has 4 heteroatoms. The molecule has 0 atom stereocenters. The molecular weight excluding hydrogens is 206 g/mol. The Balaban J connectivity index is 1.83. The van der Waals surface area contributed by atoms with Crippen molar-refractivity contribution in [3.8, 4) is 0 Å². The van der Waals surface area contributed by atoms with Gasteiger partial charge in [-0.05, 0) is 18.2 Å². The van der Waals surface area contributed by atoms with Crippen LogP contribution in [0.1, 0.15) is 5.69 Å². The van der Waals surface area contributed by atoms with Crippen LogP contribution < -0.4 is 11.1 Å². The number of hydrogen-bond donors (Lipinski definition) is 2. The number of aromatic nitrogens is 1. The highest BCUT2D eigenvalue weighted by molar-refractivity contribution is 7.07. The van der Waals surface area contributed by atoms with Crippen molar-refractivity contribution < 1.29 is 0 Å². The van der Waals surface area contributed by atoms with Gasteiger partial charge in [0, 0.05) is 29.7 Å². The first-order chi connectivity index (χ1) is 7.34. The molecule has 2 aromatic rings. The lowest BCUT2D eigenvalue weighted by Crippen LogP contribution is -2.05. The maximum atomic E-state index is 5.67. The third kappa shape index (κ3) is 2.95. The Morgan fingerprint density at radius 3 is 3.07 bits per heavy atom. The van der Waals surface area contributed by atoms with E-state index in [2.05, 4.69) is 15.7 Å². The highest BCUT2D eigenvalue weighted by atomic mass is 32.1. The Morgan fingerprint density at radius 2 is 2.33 bits per heavy atom. The van der Waals surface area contributed by atoms with Crippen molar-refractivity contribution in [3.63, 3.8) is 0 Å². The molecule has 1 aromatic carbocycles. The van der Waals surface area contributed by atoms with Crippen LogP contribution in [-0.4, -0.2) is 11.5 Å². The number of hydrogen-bond acceptors (Lipinski definition) is 4. The molecular formula is C11H13N3S. The lowest BCUT2D eigenvalue weighted by atomic mass is 10.2. The molecule has 0 aliphatic heterocycles. The molecule has 0 aliphatic carbocycles. The Labute approximate surface area is 93.0 Å². The Kier molecular flexibility index (Phi) is 3.19. The number of nitrogens with zero attached hydrogens (tertiary/aromatic N) is 1. The summed E-state index contributed by atoms with van der Waals surface area (Å²) in [6, 6.07) is 7.77. The minimum absolute atomic E-state index is 0.786. The van der Waals surface area contributed by atoms with E-state index in [1.165, 1.54) is 0 Å². The molecule has 3 N–H and O–H groups in total. The van der Waals surface area contributed by atoms with Crippen LogP contribution in [0.5, 0.6) is 0 Å². The van der Waals surface area contributed by atoms with Gasteiger partial charge in [-0.2, -0.15) is 0 Å². The number of thiazole rings is 1. The largest absolute Gasteiger partial charge is 0.399 e. The molecule has 3 nitrogen and oxygen atoms in total. The number of anilines is 2. The van der Waals surface area contributed by atoms with Crippen LogP contribution in [0.25, 0.3) is 0 Å². The number of nitrogen functional groups attached to an aromatic ring is 1. The molecule has 0 saturated heterocycles. The van der Waals surface area contributed by atoms with Crippen molar-refractivity contribution in [2.75, 3.05) is 17.6 Å². The lowest BCUT2D eigenvalue weighted by Gasteiger charge is -2.05. The van der Waals surface area contributed by atoms with E-state index in [4.69, 9.17) is 5.73 Å². The maximum Gasteiger partial charge on any atom is 0.0794 e. The summed E-state index contributed by atoms with van der Waals surface area (Å²) < 4.78 is 0. The fourth-order valence-electron chi connectivity index (χ4n) is 1.34. The van der Waals surface area contributed by atoms with Crippen LogP contribution in [-0.2, 0) is 6.42 Å². The first kappa shape index (κ1) is 9.98. The molecule has 0 bridgehead atoms.